The smallest absolute Gasteiger partial charge is 0.303 e. The van der Waals surface area contributed by atoms with Crippen LogP contribution in [-0.4, -0.2) is 69.9 Å². The predicted molar refractivity (Wildman–Crippen MR) is 159 cm³/mol. The molecule has 9 nitrogen and oxygen atoms in total. The number of rotatable bonds is 6. The number of ether oxygens (including phenoxy) is 1. The van der Waals surface area contributed by atoms with Crippen molar-refractivity contribution in [1.82, 2.24) is 5.32 Å². The van der Waals surface area contributed by atoms with E-state index in [1.165, 1.54) is 6.92 Å². The Bertz CT molecular complexity index is 1250. The molecular weight excluding hydrogens is 562 g/mol. The van der Waals surface area contributed by atoms with E-state index in [1.807, 2.05) is 13.0 Å². The molecule has 8 atom stereocenters. The third-order valence-corrected chi connectivity index (χ3v) is 10.2. The van der Waals surface area contributed by atoms with Crippen molar-refractivity contribution < 1.29 is 39.5 Å². The first kappa shape index (κ1) is 33.9. The molecule has 5 rings (SSSR count). The van der Waals surface area contributed by atoms with E-state index in [0.29, 0.717) is 25.8 Å². The van der Waals surface area contributed by atoms with Gasteiger partial charge in [0.1, 0.15) is 11.4 Å². The van der Waals surface area contributed by atoms with Gasteiger partial charge in [-0.15, -0.1) is 12.4 Å². The van der Waals surface area contributed by atoms with Gasteiger partial charge >= 0.3 is 5.97 Å². The summed E-state index contributed by atoms with van der Waals surface area (Å²) in [6.45, 7) is 5.29. The van der Waals surface area contributed by atoms with Gasteiger partial charge in [0, 0.05) is 30.2 Å². The molecule has 1 aromatic rings. The summed E-state index contributed by atoms with van der Waals surface area (Å²) in [6, 6.07) is 6.63. The highest BCUT2D eigenvalue weighted by Crippen LogP contribution is 2.67. The third kappa shape index (κ3) is 6.08. The number of aromatic hydroxyl groups is 1. The Morgan fingerprint density at radius 2 is 1.93 bits per heavy atom. The molecule has 0 heterocycles. The molecule has 0 saturated heterocycles. The van der Waals surface area contributed by atoms with Crippen molar-refractivity contribution >= 4 is 29.9 Å². The van der Waals surface area contributed by atoms with Crippen molar-refractivity contribution in [2.24, 2.45) is 28.6 Å². The van der Waals surface area contributed by atoms with Crippen LogP contribution in [0.4, 0.5) is 0 Å². The standard InChI is InChI=1S/C23H30O6.C9H13NO2.ClH/c1-13(24)29-12-19(27)23(28)9-7-17-16-5-4-14-10-15(25)6-8-21(14,2)20(16)18(26)11-22(17,23)3;1-10-6-9(12)7-3-2-4-8(11)5-7;/h6,8,10,16-18,20,26,28H,4-5,7,9,11-12H2,1-3H3;2-5,9-12H,6H2,1H3;1H/t16-,17-,18-,20+,21-,22-,23-;9-;/m00./s1. The molecule has 0 spiro atoms. The van der Waals surface area contributed by atoms with Crippen molar-refractivity contribution in [3.05, 3.63) is 53.6 Å². The second kappa shape index (κ2) is 13.0. The van der Waals surface area contributed by atoms with E-state index in [4.69, 9.17) is 9.84 Å². The van der Waals surface area contributed by atoms with Crippen LogP contribution in [0.2, 0.25) is 0 Å². The van der Waals surface area contributed by atoms with Crippen LogP contribution in [0.15, 0.2) is 48.1 Å². The van der Waals surface area contributed by atoms with Crippen LogP contribution in [-0.2, 0) is 19.1 Å². The number of allylic oxidation sites excluding steroid dienone is 4. The van der Waals surface area contributed by atoms with E-state index in [2.05, 4.69) is 12.2 Å². The van der Waals surface area contributed by atoms with Gasteiger partial charge in [0.2, 0.25) is 5.78 Å². The summed E-state index contributed by atoms with van der Waals surface area (Å²) in [5.41, 5.74) is -0.942. The molecule has 232 valence electrons. The number of halogens is 1. The SMILES string of the molecule is CC(=O)OCC(=O)[C@@]1(O)CC[C@H]2[C@@H]3CCC4=CC(=O)C=C[C@]4(C)[C@H]3[C@@H](O)C[C@@]21C.CNC[C@H](O)c1cccc(O)c1.Cl. The quantitative estimate of drug-likeness (QED) is 0.308. The number of aliphatic hydroxyl groups excluding tert-OH is 2. The summed E-state index contributed by atoms with van der Waals surface area (Å²) in [5.74, 6) is -0.653. The molecule has 4 aliphatic carbocycles. The number of carbonyl (C=O) groups excluding carboxylic acids is 3. The fourth-order valence-electron chi connectivity index (χ4n) is 8.12. The molecule has 3 saturated carbocycles. The molecule has 0 aromatic heterocycles. The fraction of sp³-hybridized carbons (Fsp3) is 0.594. The Kier molecular flexibility index (Phi) is 10.5. The van der Waals surface area contributed by atoms with Gasteiger partial charge in [0.25, 0.3) is 0 Å². The first-order valence-electron chi connectivity index (χ1n) is 14.4. The van der Waals surface area contributed by atoms with E-state index in [0.717, 1.165) is 24.0 Å². The Hall–Kier alpha value is -2.56. The number of fused-ring (bicyclic) bond motifs is 5. The molecule has 0 bridgehead atoms. The number of Topliss-reactive ketones (excluding diaryl/α,β-unsaturated/α-hetero) is 1. The monoisotopic (exact) mass is 605 g/mol. The van der Waals surface area contributed by atoms with Crippen molar-refractivity contribution in [2.75, 3.05) is 20.2 Å². The summed E-state index contributed by atoms with van der Waals surface area (Å²) in [4.78, 5) is 35.9. The van der Waals surface area contributed by atoms with E-state index in [1.54, 1.807) is 43.5 Å². The molecule has 0 aliphatic heterocycles. The molecule has 10 heteroatoms. The number of aliphatic hydroxyl groups is 3. The molecule has 1 aromatic carbocycles. The van der Waals surface area contributed by atoms with E-state index >= 15 is 0 Å². The summed E-state index contributed by atoms with van der Waals surface area (Å²) in [6.07, 6.45) is 6.95. The molecule has 0 amide bonds. The van der Waals surface area contributed by atoms with Gasteiger partial charge in [-0.05, 0) is 80.8 Å². The number of hydrogen-bond donors (Lipinski definition) is 5. The maximum atomic E-state index is 12.9. The number of ketones is 2. The van der Waals surface area contributed by atoms with E-state index in [9.17, 15) is 29.7 Å². The number of phenols is 1. The van der Waals surface area contributed by atoms with Gasteiger partial charge in [0.15, 0.2) is 12.4 Å². The molecule has 0 radical (unpaired) electrons. The molecule has 42 heavy (non-hydrogen) atoms. The van der Waals surface area contributed by atoms with E-state index < -0.39 is 41.6 Å². The number of nitrogens with one attached hydrogen (secondary N) is 1. The van der Waals surface area contributed by atoms with Crippen LogP contribution in [0.25, 0.3) is 0 Å². The minimum Gasteiger partial charge on any atom is -0.508 e. The minimum absolute atomic E-state index is 0. The van der Waals surface area contributed by atoms with Gasteiger partial charge < -0.3 is 30.5 Å². The number of phenolic OH excluding ortho intramolecular Hbond substituents is 1. The molecular formula is C32H44ClNO8. The largest absolute Gasteiger partial charge is 0.508 e. The molecule has 4 aliphatic rings. The first-order chi connectivity index (χ1) is 19.3. The normalized spacial score (nSPS) is 35.2. The van der Waals surface area contributed by atoms with Crippen LogP contribution in [0.3, 0.4) is 0 Å². The Morgan fingerprint density at radius 1 is 1.21 bits per heavy atom. The van der Waals surface area contributed by atoms with Crippen LogP contribution in [0.1, 0.15) is 64.5 Å². The number of likely N-dealkylation sites (N-methyl/N-ethyl adjacent to an activating group) is 1. The van der Waals surface area contributed by atoms with Crippen LogP contribution < -0.4 is 5.32 Å². The summed E-state index contributed by atoms with van der Waals surface area (Å²) in [5, 5.41) is 44.1. The summed E-state index contributed by atoms with van der Waals surface area (Å²) in [7, 11) is 1.77. The van der Waals surface area contributed by atoms with Crippen molar-refractivity contribution in [3.63, 3.8) is 0 Å². The number of carbonyl (C=O) groups is 3. The van der Waals surface area contributed by atoms with Crippen LogP contribution in [0, 0.1) is 28.6 Å². The maximum Gasteiger partial charge on any atom is 0.303 e. The Morgan fingerprint density at radius 3 is 2.57 bits per heavy atom. The average molecular weight is 606 g/mol. The first-order valence-corrected chi connectivity index (χ1v) is 14.4. The molecule has 0 unspecified atom stereocenters. The Balaban J connectivity index is 0.000000315. The third-order valence-electron chi connectivity index (χ3n) is 10.2. The lowest BCUT2D eigenvalue weighted by Gasteiger charge is -2.59. The maximum absolute atomic E-state index is 12.9. The van der Waals surface area contributed by atoms with Gasteiger partial charge in [-0.1, -0.05) is 37.6 Å². The van der Waals surface area contributed by atoms with E-state index in [-0.39, 0.29) is 47.1 Å². The van der Waals surface area contributed by atoms with Gasteiger partial charge in [-0.2, -0.15) is 0 Å². The topological polar surface area (TPSA) is 153 Å². The van der Waals surface area contributed by atoms with Crippen molar-refractivity contribution in [2.45, 2.75) is 70.7 Å². The lowest BCUT2D eigenvalue weighted by Crippen LogP contribution is -2.61. The zero-order chi connectivity index (χ0) is 30.2. The van der Waals surface area contributed by atoms with Crippen LogP contribution in [0.5, 0.6) is 5.75 Å². The lowest BCUT2D eigenvalue weighted by molar-refractivity contribution is -0.181. The van der Waals surface area contributed by atoms with Crippen molar-refractivity contribution in [3.8, 4) is 5.75 Å². The zero-order valence-electron chi connectivity index (χ0n) is 24.7. The Labute approximate surface area is 253 Å². The highest BCUT2D eigenvalue weighted by Gasteiger charge is 2.68. The minimum atomic E-state index is -1.60. The number of hydrogen-bond acceptors (Lipinski definition) is 9. The van der Waals surface area contributed by atoms with Crippen molar-refractivity contribution in [1.29, 1.82) is 0 Å². The predicted octanol–water partition coefficient (Wildman–Crippen LogP) is 3.20. The summed E-state index contributed by atoms with van der Waals surface area (Å²) >= 11 is 0. The van der Waals surface area contributed by atoms with Gasteiger partial charge in [-0.25, -0.2) is 0 Å². The van der Waals surface area contributed by atoms with Crippen LogP contribution >= 0.6 is 12.4 Å². The zero-order valence-corrected chi connectivity index (χ0v) is 25.5. The summed E-state index contributed by atoms with van der Waals surface area (Å²) < 4.78 is 4.88. The molecule has 3 fully saturated rings. The fourth-order valence-corrected chi connectivity index (χ4v) is 8.12. The number of benzene rings is 1. The average Bonchev–Trinajstić information content (AvgIpc) is 3.18. The second-order valence-electron chi connectivity index (χ2n) is 12.5. The highest BCUT2D eigenvalue weighted by atomic mass is 35.5. The molecule has 5 N–H and O–H groups in total. The number of esters is 1. The lowest BCUT2D eigenvalue weighted by atomic mass is 9.46. The van der Waals surface area contributed by atoms with Gasteiger partial charge in [0.05, 0.1) is 12.2 Å². The van der Waals surface area contributed by atoms with Gasteiger partial charge in [-0.3, -0.25) is 14.4 Å². The highest BCUT2D eigenvalue weighted by molar-refractivity contribution is 6.01. The second-order valence-corrected chi connectivity index (χ2v) is 12.5.